The Balaban J connectivity index is 2.32. The molecule has 0 aliphatic heterocycles. The molecule has 17 heavy (non-hydrogen) atoms. The van der Waals surface area contributed by atoms with Crippen LogP contribution in [0.2, 0.25) is 0 Å². The fraction of sp³-hybridized carbons (Fsp3) is 1.00. The number of nitrogens with one attached hydrogen (secondary N) is 1. The van der Waals surface area contributed by atoms with E-state index in [9.17, 15) is 0 Å². The van der Waals surface area contributed by atoms with E-state index in [0.717, 1.165) is 18.9 Å². The van der Waals surface area contributed by atoms with E-state index in [1.165, 1.54) is 44.9 Å². The monoisotopic (exact) mass is 241 g/mol. The van der Waals surface area contributed by atoms with Crippen molar-refractivity contribution in [1.29, 1.82) is 0 Å². The first kappa shape index (κ1) is 15.0. The lowest BCUT2D eigenvalue weighted by Gasteiger charge is -2.28. The van der Waals surface area contributed by atoms with Gasteiger partial charge in [-0.05, 0) is 38.6 Å². The first-order valence-electron chi connectivity index (χ1n) is 7.52. The lowest BCUT2D eigenvalue weighted by molar-refractivity contribution is 0.0956. The summed E-state index contributed by atoms with van der Waals surface area (Å²) in [6, 6.07) is 0.660. The number of ether oxygens (including phenoxy) is 1. The Morgan fingerprint density at radius 3 is 2.53 bits per heavy atom. The van der Waals surface area contributed by atoms with E-state index >= 15 is 0 Å². The summed E-state index contributed by atoms with van der Waals surface area (Å²) in [7, 11) is 1.82. The second-order valence-electron chi connectivity index (χ2n) is 5.67. The van der Waals surface area contributed by atoms with Gasteiger partial charge in [0.1, 0.15) is 0 Å². The van der Waals surface area contributed by atoms with Gasteiger partial charge in [-0.15, -0.1) is 0 Å². The van der Waals surface area contributed by atoms with Crippen molar-refractivity contribution in [2.45, 2.75) is 77.4 Å². The van der Waals surface area contributed by atoms with Crippen LogP contribution in [0, 0.1) is 5.92 Å². The molecule has 2 nitrogen and oxygen atoms in total. The summed E-state index contributed by atoms with van der Waals surface area (Å²) >= 11 is 0. The highest BCUT2D eigenvalue weighted by atomic mass is 16.5. The van der Waals surface area contributed by atoms with Crippen LogP contribution in [-0.2, 0) is 4.74 Å². The number of methoxy groups -OCH3 is 1. The lowest BCUT2D eigenvalue weighted by Crippen LogP contribution is -2.35. The summed E-state index contributed by atoms with van der Waals surface area (Å²) in [6.07, 6.45) is 11.4. The van der Waals surface area contributed by atoms with Crippen molar-refractivity contribution in [1.82, 2.24) is 5.32 Å². The minimum absolute atomic E-state index is 0.382. The molecule has 0 bridgehead atoms. The van der Waals surface area contributed by atoms with E-state index in [1.54, 1.807) is 0 Å². The molecule has 0 heterocycles. The molecule has 0 radical (unpaired) electrons. The van der Waals surface area contributed by atoms with E-state index < -0.39 is 0 Å². The van der Waals surface area contributed by atoms with Gasteiger partial charge in [-0.3, -0.25) is 0 Å². The van der Waals surface area contributed by atoms with Crippen LogP contribution in [0.5, 0.6) is 0 Å². The molecule has 1 rings (SSSR count). The molecule has 0 aromatic heterocycles. The van der Waals surface area contributed by atoms with Crippen molar-refractivity contribution < 1.29 is 4.74 Å². The maximum absolute atomic E-state index is 5.41. The first-order chi connectivity index (χ1) is 8.26. The Morgan fingerprint density at radius 2 is 1.94 bits per heavy atom. The third kappa shape index (κ3) is 6.42. The van der Waals surface area contributed by atoms with Gasteiger partial charge >= 0.3 is 0 Å². The summed E-state index contributed by atoms with van der Waals surface area (Å²) in [5.74, 6) is 0.960. The molecule has 1 N–H and O–H groups in total. The van der Waals surface area contributed by atoms with E-state index in [-0.39, 0.29) is 0 Å². The fourth-order valence-corrected chi connectivity index (χ4v) is 2.93. The van der Waals surface area contributed by atoms with Crippen LogP contribution in [0.4, 0.5) is 0 Å². The zero-order valence-electron chi connectivity index (χ0n) is 12.0. The van der Waals surface area contributed by atoms with Crippen molar-refractivity contribution in [2.75, 3.05) is 13.7 Å². The second-order valence-corrected chi connectivity index (χ2v) is 5.67. The van der Waals surface area contributed by atoms with E-state index in [2.05, 4.69) is 19.2 Å². The Labute approximate surface area is 108 Å². The van der Waals surface area contributed by atoms with Crippen molar-refractivity contribution >= 4 is 0 Å². The maximum atomic E-state index is 5.41. The molecular formula is C15H31NO. The van der Waals surface area contributed by atoms with Gasteiger partial charge in [0.2, 0.25) is 0 Å². The number of hydrogen-bond acceptors (Lipinski definition) is 2. The zero-order chi connectivity index (χ0) is 12.5. The average molecular weight is 241 g/mol. The molecule has 1 fully saturated rings. The average Bonchev–Trinajstić information content (AvgIpc) is 2.37. The van der Waals surface area contributed by atoms with Gasteiger partial charge in [0.25, 0.3) is 0 Å². The highest BCUT2D eigenvalue weighted by Gasteiger charge is 2.20. The maximum Gasteiger partial charge on any atom is 0.0558 e. The summed E-state index contributed by atoms with van der Waals surface area (Å²) in [4.78, 5) is 0. The van der Waals surface area contributed by atoms with E-state index in [0.29, 0.717) is 12.1 Å². The first-order valence-corrected chi connectivity index (χ1v) is 7.52. The molecule has 0 saturated heterocycles. The molecule has 2 atom stereocenters. The highest BCUT2D eigenvalue weighted by molar-refractivity contribution is 4.76. The van der Waals surface area contributed by atoms with Crippen LogP contribution >= 0.6 is 0 Å². The summed E-state index contributed by atoms with van der Waals surface area (Å²) in [6.45, 7) is 5.57. The van der Waals surface area contributed by atoms with Gasteiger partial charge in [0.15, 0.2) is 0 Å². The van der Waals surface area contributed by atoms with Crippen LogP contribution < -0.4 is 5.32 Å². The zero-order valence-corrected chi connectivity index (χ0v) is 12.0. The van der Waals surface area contributed by atoms with Gasteiger partial charge in [0, 0.05) is 13.2 Å². The molecule has 0 spiro atoms. The molecule has 2 unspecified atom stereocenters. The Morgan fingerprint density at radius 1 is 1.24 bits per heavy atom. The second kappa shape index (κ2) is 8.93. The molecular weight excluding hydrogens is 210 g/mol. The standard InChI is InChI=1S/C15H31NO/c1-4-10-16-15(11-13(2)17-3)12-14-8-6-5-7-9-14/h13-16H,4-12H2,1-3H3. The smallest absolute Gasteiger partial charge is 0.0558 e. The molecule has 2 heteroatoms. The molecule has 0 aromatic rings. The molecule has 1 saturated carbocycles. The Kier molecular flexibility index (Phi) is 7.87. The topological polar surface area (TPSA) is 21.3 Å². The third-order valence-electron chi connectivity index (χ3n) is 4.04. The van der Waals surface area contributed by atoms with Crippen molar-refractivity contribution in [3.05, 3.63) is 0 Å². The van der Waals surface area contributed by atoms with Gasteiger partial charge in [0.05, 0.1) is 6.10 Å². The molecule has 0 aromatic carbocycles. The minimum Gasteiger partial charge on any atom is -0.382 e. The Hall–Kier alpha value is -0.0800. The third-order valence-corrected chi connectivity index (χ3v) is 4.04. The number of hydrogen-bond donors (Lipinski definition) is 1. The number of rotatable bonds is 8. The summed E-state index contributed by atoms with van der Waals surface area (Å²) in [5.41, 5.74) is 0. The largest absolute Gasteiger partial charge is 0.382 e. The summed E-state index contributed by atoms with van der Waals surface area (Å²) in [5, 5.41) is 3.70. The summed E-state index contributed by atoms with van der Waals surface area (Å²) < 4.78 is 5.41. The van der Waals surface area contributed by atoms with Crippen LogP contribution in [-0.4, -0.2) is 25.8 Å². The van der Waals surface area contributed by atoms with Crippen molar-refractivity contribution in [3.8, 4) is 0 Å². The quantitative estimate of drug-likeness (QED) is 0.699. The fourth-order valence-electron chi connectivity index (χ4n) is 2.93. The van der Waals surface area contributed by atoms with Crippen LogP contribution in [0.15, 0.2) is 0 Å². The SMILES string of the molecule is CCCNC(CC1CCCCC1)CC(C)OC. The van der Waals surface area contributed by atoms with E-state index in [4.69, 9.17) is 4.74 Å². The van der Waals surface area contributed by atoms with Gasteiger partial charge in [-0.2, -0.15) is 0 Å². The van der Waals surface area contributed by atoms with Gasteiger partial charge in [-0.25, -0.2) is 0 Å². The van der Waals surface area contributed by atoms with Crippen LogP contribution in [0.1, 0.15) is 65.2 Å². The van der Waals surface area contributed by atoms with Gasteiger partial charge < -0.3 is 10.1 Å². The Bertz CT molecular complexity index is 178. The van der Waals surface area contributed by atoms with E-state index in [1.807, 2.05) is 7.11 Å². The van der Waals surface area contributed by atoms with Crippen LogP contribution in [0.25, 0.3) is 0 Å². The normalized spacial score (nSPS) is 21.4. The molecule has 102 valence electrons. The lowest BCUT2D eigenvalue weighted by atomic mass is 9.84. The molecule has 1 aliphatic carbocycles. The molecule has 0 amide bonds. The highest BCUT2D eigenvalue weighted by Crippen LogP contribution is 2.28. The molecule has 1 aliphatic rings. The predicted octanol–water partition coefficient (Wildman–Crippen LogP) is 3.75. The van der Waals surface area contributed by atoms with Gasteiger partial charge in [-0.1, -0.05) is 39.0 Å². The minimum atomic E-state index is 0.382. The van der Waals surface area contributed by atoms with Crippen molar-refractivity contribution in [2.24, 2.45) is 5.92 Å². The predicted molar refractivity (Wildman–Crippen MR) is 74.4 cm³/mol. The van der Waals surface area contributed by atoms with Crippen LogP contribution in [0.3, 0.4) is 0 Å². The van der Waals surface area contributed by atoms with Crippen molar-refractivity contribution in [3.63, 3.8) is 0 Å².